The highest BCUT2D eigenvalue weighted by Gasteiger charge is 2.81. The molecule has 7 rings (SSSR count). The number of ether oxygens (including phenoxy) is 3. The third-order valence-corrected chi connectivity index (χ3v) is 11.2. The molecule has 3 heterocycles. The van der Waals surface area contributed by atoms with Gasteiger partial charge in [-0.15, -0.1) is 0 Å². The molecule has 5 bridgehead atoms. The summed E-state index contributed by atoms with van der Waals surface area (Å²) in [6.45, 7) is 2.26. The van der Waals surface area contributed by atoms with Gasteiger partial charge in [-0.25, -0.2) is 4.79 Å². The minimum atomic E-state index is -1.15. The second-order valence-electron chi connectivity index (χ2n) is 12.4. The Balaban J connectivity index is 1.50. The number of piperidine rings is 2. The molecular formula is C30H37NO7. The predicted octanol–water partition coefficient (Wildman–Crippen LogP) is 2.47. The minimum absolute atomic E-state index is 0.0231. The van der Waals surface area contributed by atoms with E-state index in [1.165, 1.54) is 7.11 Å². The van der Waals surface area contributed by atoms with Crippen LogP contribution in [0.3, 0.4) is 0 Å². The van der Waals surface area contributed by atoms with Crippen molar-refractivity contribution in [2.45, 2.75) is 80.9 Å². The number of nitrogens with zero attached hydrogens (tertiary/aromatic N) is 1. The molecule has 3 aliphatic heterocycles. The standard InChI is InChI=1S/C30H37NO7/c1-15-9-10-18-20-13-16-14-29(18,35)26-24(27(33)37-3)23(28(34)38-17-7-5-4-6-8-17)22-19(30(16,26)31(15)20)11-12-21(32)25(22)36-2/h4-8,15-16,18-23,25,32,35H,9-14H2,1-3H3/t15-,16-,18+,19+,20+,21-,22+,23-,25+,29-,30+/m1/s1. The maximum absolute atomic E-state index is 14.1. The van der Waals surface area contributed by atoms with Crippen molar-refractivity contribution in [3.05, 3.63) is 41.5 Å². The fraction of sp³-hybridized carbons (Fsp3) is 0.667. The van der Waals surface area contributed by atoms with Crippen LogP contribution in [0.5, 0.6) is 5.75 Å². The summed E-state index contributed by atoms with van der Waals surface area (Å²) in [7, 11) is 2.89. The van der Waals surface area contributed by atoms with E-state index >= 15 is 0 Å². The van der Waals surface area contributed by atoms with Crippen molar-refractivity contribution in [1.29, 1.82) is 0 Å². The SMILES string of the molecule is COC(=O)C1=C2[C@]3([C@@H]4C[C@H]5[C@H](CC[C@@H](C)N53)[C@]2(O)C4)[C@H]2CC[C@@H](O)[C@H](OC)[C@@H]2[C@H]1C(=O)Oc1ccccc1. The maximum Gasteiger partial charge on any atom is 0.334 e. The highest BCUT2D eigenvalue weighted by Crippen LogP contribution is 2.75. The molecule has 204 valence electrons. The Labute approximate surface area is 222 Å². The first-order chi connectivity index (χ1) is 18.3. The van der Waals surface area contributed by atoms with Crippen molar-refractivity contribution in [2.75, 3.05) is 14.2 Å². The number of esters is 2. The van der Waals surface area contributed by atoms with E-state index in [9.17, 15) is 19.8 Å². The van der Waals surface area contributed by atoms with Crippen LogP contribution in [0.25, 0.3) is 0 Å². The smallest absolute Gasteiger partial charge is 0.334 e. The highest BCUT2D eigenvalue weighted by atomic mass is 16.5. The number of aliphatic hydroxyl groups is 2. The van der Waals surface area contributed by atoms with Crippen LogP contribution < -0.4 is 4.74 Å². The van der Waals surface area contributed by atoms with Gasteiger partial charge in [-0.2, -0.15) is 0 Å². The van der Waals surface area contributed by atoms with Crippen molar-refractivity contribution in [2.24, 2.45) is 29.6 Å². The van der Waals surface area contributed by atoms with Crippen LogP contribution in [0.2, 0.25) is 0 Å². The van der Waals surface area contributed by atoms with Crippen LogP contribution in [0.4, 0.5) is 0 Å². The van der Waals surface area contributed by atoms with E-state index in [0.29, 0.717) is 31.1 Å². The first kappa shape index (κ1) is 24.8. The van der Waals surface area contributed by atoms with Gasteiger partial charge >= 0.3 is 11.9 Å². The van der Waals surface area contributed by atoms with Crippen molar-refractivity contribution in [3.8, 4) is 5.75 Å². The second kappa shape index (κ2) is 8.37. The van der Waals surface area contributed by atoms with E-state index in [-0.39, 0.29) is 29.4 Å². The number of benzene rings is 1. The fourth-order valence-electron chi connectivity index (χ4n) is 10.4. The summed E-state index contributed by atoms with van der Waals surface area (Å²) < 4.78 is 17.2. The van der Waals surface area contributed by atoms with Gasteiger partial charge in [-0.1, -0.05) is 18.2 Å². The van der Waals surface area contributed by atoms with Crippen LogP contribution in [-0.2, 0) is 19.1 Å². The van der Waals surface area contributed by atoms with Crippen molar-refractivity contribution >= 4 is 11.9 Å². The van der Waals surface area contributed by atoms with Crippen molar-refractivity contribution in [1.82, 2.24) is 4.90 Å². The Morgan fingerprint density at radius 3 is 2.50 bits per heavy atom. The molecule has 2 saturated carbocycles. The van der Waals surface area contributed by atoms with Gasteiger partial charge in [-0.05, 0) is 75.0 Å². The zero-order chi connectivity index (χ0) is 26.6. The number of methoxy groups -OCH3 is 2. The molecule has 5 fully saturated rings. The molecule has 1 spiro atoms. The molecule has 3 saturated heterocycles. The number of carbonyl (C=O) groups is 2. The molecule has 38 heavy (non-hydrogen) atoms. The molecule has 6 aliphatic rings. The molecule has 0 aromatic heterocycles. The molecule has 12 atom stereocenters. The quantitative estimate of drug-likeness (QED) is 0.458. The maximum atomic E-state index is 14.1. The largest absolute Gasteiger partial charge is 0.466 e. The van der Waals surface area contributed by atoms with Crippen LogP contribution >= 0.6 is 0 Å². The predicted molar refractivity (Wildman–Crippen MR) is 136 cm³/mol. The number of para-hydroxylation sites is 1. The van der Waals surface area contributed by atoms with E-state index in [2.05, 4.69) is 11.8 Å². The Morgan fingerprint density at radius 2 is 1.79 bits per heavy atom. The fourth-order valence-corrected chi connectivity index (χ4v) is 10.4. The zero-order valence-corrected chi connectivity index (χ0v) is 22.2. The average Bonchev–Trinajstić information content (AvgIpc) is 3.31. The molecule has 1 unspecified atom stereocenters. The van der Waals surface area contributed by atoms with E-state index in [1.54, 1.807) is 31.4 Å². The molecule has 1 aromatic carbocycles. The molecule has 0 radical (unpaired) electrons. The van der Waals surface area contributed by atoms with Gasteiger partial charge in [0.05, 0.1) is 41.9 Å². The van der Waals surface area contributed by atoms with Crippen molar-refractivity contribution < 1.29 is 34.0 Å². The molecule has 3 aliphatic carbocycles. The molecule has 1 aromatic rings. The van der Waals surface area contributed by atoms with Gasteiger partial charge in [0.2, 0.25) is 0 Å². The summed E-state index contributed by atoms with van der Waals surface area (Å²) in [6, 6.07) is 9.38. The molecule has 0 amide bonds. The lowest BCUT2D eigenvalue weighted by atomic mass is 9.50. The van der Waals surface area contributed by atoms with E-state index in [0.717, 1.165) is 24.8 Å². The summed E-state index contributed by atoms with van der Waals surface area (Å²) in [5.41, 5.74) is -0.748. The lowest BCUT2D eigenvalue weighted by molar-refractivity contribution is -0.179. The molecule has 8 nitrogen and oxygen atoms in total. The van der Waals surface area contributed by atoms with Crippen LogP contribution in [0.1, 0.15) is 45.4 Å². The van der Waals surface area contributed by atoms with Gasteiger partial charge in [0.25, 0.3) is 0 Å². The Morgan fingerprint density at radius 1 is 1.05 bits per heavy atom. The van der Waals surface area contributed by atoms with Crippen LogP contribution in [-0.4, -0.2) is 76.7 Å². The second-order valence-corrected chi connectivity index (χ2v) is 12.4. The topological polar surface area (TPSA) is 106 Å². The average molecular weight is 524 g/mol. The number of aliphatic hydroxyl groups excluding tert-OH is 1. The number of rotatable bonds is 4. The van der Waals surface area contributed by atoms with Gasteiger partial charge in [0.15, 0.2) is 0 Å². The first-order valence-electron chi connectivity index (χ1n) is 14.1. The van der Waals surface area contributed by atoms with Gasteiger partial charge < -0.3 is 24.4 Å². The van der Waals surface area contributed by atoms with Crippen LogP contribution in [0, 0.1) is 29.6 Å². The highest BCUT2D eigenvalue weighted by molar-refractivity contribution is 5.99. The molecule has 8 heteroatoms. The Bertz CT molecular complexity index is 1200. The molecule has 2 N–H and O–H groups in total. The van der Waals surface area contributed by atoms with E-state index in [4.69, 9.17) is 14.2 Å². The van der Waals surface area contributed by atoms with Gasteiger partial charge in [0, 0.05) is 31.0 Å². The lowest BCUT2D eigenvalue weighted by Gasteiger charge is -2.65. The monoisotopic (exact) mass is 523 g/mol. The number of hydrogen-bond acceptors (Lipinski definition) is 8. The Hall–Kier alpha value is -2.26. The lowest BCUT2D eigenvalue weighted by Crippen LogP contribution is -2.73. The summed E-state index contributed by atoms with van der Waals surface area (Å²) in [5, 5.41) is 23.7. The van der Waals surface area contributed by atoms with Crippen LogP contribution in [0.15, 0.2) is 41.5 Å². The Kier molecular flexibility index (Phi) is 5.45. The van der Waals surface area contributed by atoms with Gasteiger partial charge in [0.1, 0.15) is 5.75 Å². The third-order valence-electron chi connectivity index (χ3n) is 11.2. The minimum Gasteiger partial charge on any atom is -0.466 e. The van der Waals surface area contributed by atoms with E-state index < -0.39 is 47.1 Å². The number of carbonyl (C=O) groups excluding carboxylic acids is 2. The summed E-state index contributed by atoms with van der Waals surface area (Å²) in [6.07, 6.45) is 3.28. The molecular weight excluding hydrogens is 486 g/mol. The van der Waals surface area contributed by atoms with Gasteiger partial charge in [-0.3, -0.25) is 9.69 Å². The van der Waals surface area contributed by atoms with Crippen molar-refractivity contribution in [3.63, 3.8) is 0 Å². The summed E-state index contributed by atoms with van der Waals surface area (Å²) in [4.78, 5) is 30.6. The normalized spacial score (nSPS) is 47.9. The first-order valence-corrected chi connectivity index (χ1v) is 14.1. The summed E-state index contributed by atoms with van der Waals surface area (Å²) >= 11 is 0. The van der Waals surface area contributed by atoms with E-state index in [1.807, 2.05) is 6.07 Å². The summed E-state index contributed by atoms with van der Waals surface area (Å²) in [5.74, 6) is -2.17. The third kappa shape index (κ3) is 2.85. The number of fused-ring (bicyclic) bond motifs is 2. The number of hydrogen-bond donors (Lipinski definition) is 2. The zero-order valence-electron chi connectivity index (χ0n) is 22.2.